The Labute approximate surface area is 117 Å². The number of nitro groups is 1. The Hall–Kier alpha value is -1.93. The van der Waals surface area contributed by atoms with Crippen LogP contribution in [-0.2, 0) is 9.47 Å². The quantitative estimate of drug-likeness (QED) is 0.537. The molecule has 1 N–H and O–H groups in total. The molecule has 1 aromatic rings. The Balaban J connectivity index is 3.02. The first kappa shape index (κ1) is 16.1. The number of nitrogens with zero attached hydrogens (tertiary/aromatic N) is 3. The normalized spacial score (nSPS) is 10.3. The van der Waals surface area contributed by atoms with Gasteiger partial charge in [0.2, 0.25) is 0 Å². The number of ether oxygens (including phenoxy) is 2. The van der Waals surface area contributed by atoms with Crippen molar-refractivity contribution in [2.45, 2.75) is 0 Å². The van der Waals surface area contributed by atoms with Crippen molar-refractivity contribution < 1.29 is 14.4 Å². The molecule has 0 aromatic carbocycles. The van der Waals surface area contributed by atoms with E-state index < -0.39 is 4.92 Å². The molecule has 8 nitrogen and oxygen atoms in total. The fourth-order valence-electron chi connectivity index (χ4n) is 1.64. The highest BCUT2D eigenvalue weighted by Crippen LogP contribution is 2.23. The van der Waals surface area contributed by atoms with Crippen LogP contribution in [0.1, 0.15) is 0 Å². The van der Waals surface area contributed by atoms with Gasteiger partial charge in [0.1, 0.15) is 11.6 Å². The smallest absolute Gasteiger partial charge is 0.276 e. The Morgan fingerprint density at radius 1 is 1.30 bits per heavy atom. The van der Waals surface area contributed by atoms with Crippen LogP contribution in [-0.4, -0.2) is 57.5 Å². The van der Waals surface area contributed by atoms with Gasteiger partial charge >= 0.3 is 0 Å². The molecule has 112 valence electrons. The lowest BCUT2D eigenvalue weighted by Gasteiger charge is -2.23. The third kappa shape index (κ3) is 4.63. The van der Waals surface area contributed by atoms with Crippen molar-refractivity contribution in [1.29, 1.82) is 0 Å². The largest absolute Gasteiger partial charge is 0.383 e. The molecule has 0 saturated heterocycles. The molecule has 0 saturated carbocycles. The van der Waals surface area contributed by atoms with Crippen LogP contribution in [0.4, 0.5) is 17.3 Å². The zero-order chi connectivity index (χ0) is 15.0. The zero-order valence-electron chi connectivity index (χ0n) is 12.0. The van der Waals surface area contributed by atoms with Crippen LogP contribution >= 0.6 is 0 Å². The van der Waals surface area contributed by atoms with Crippen molar-refractivity contribution in [3.05, 3.63) is 22.2 Å². The van der Waals surface area contributed by atoms with E-state index in [-0.39, 0.29) is 5.69 Å². The molecule has 0 fully saturated rings. The van der Waals surface area contributed by atoms with Crippen LogP contribution in [0.3, 0.4) is 0 Å². The summed E-state index contributed by atoms with van der Waals surface area (Å²) < 4.78 is 10.1. The monoisotopic (exact) mass is 284 g/mol. The number of aromatic nitrogens is 1. The Morgan fingerprint density at radius 3 is 2.35 bits per heavy atom. The van der Waals surface area contributed by atoms with Gasteiger partial charge in [-0.05, 0) is 0 Å². The van der Waals surface area contributed by atoms with Crippen LogP contribution < -0.4 is 10.2 Å². The second-order valence-electron chi connectivity index (χ2n) is 4.05. The summed E-state index contributed by atoms with van der Waals surface area (Å²) in [6, 6.07) is 2.85. The lowest BCUT2D eigenvalue weighted by molar-refractivity contribution is -0.384. The second kappa shape index (κ2) is 8.28. The number of nitrogens with one attached hydrogen (secondary N) is 1. The van der Waals surface area contributed by atoms with Gasteiger partial charge < -0.3 is 19.7 Å². The molecule has 0 bridgehead atoms. The molecule has 0 aliphatic carbocycles. The fraction of sp³-hybridized carbons (Fsp3) is 0.583. The average molecular weight is 284 g/mol. The molecular formula is C12H20N4O4. The SMILES string of the molecule is CNc1cc([N+](=O)[O-])cc(N(CCOC)CCOC)n1. The maximum Gasteiger partial charge on any atom is 0.276 e. The van der Waals surface area contributed by atoms with Crippen LogP contribution in [0, 0.1) is 10.1 Å². The van der Waals surface area contributed by atoms with Crippen molar-refractivity contribution in [2.24, 2.45) is 0 Å². The van der Waals surface area contributed by atoms with E-state index in [4.69, 9.17) is 9.47 Å². The molecule has 0 spiro atoms. The maximum atomic E-state index is 11.0. The van der Waals surface area contributed by atoms with Crippen LogP contribution in [0.2, 0.25) is 0 Å². The minimum absolute atomic E-state index is 0.000756. The molecule has 0 amide bonds. The average Bonchev–Trinajstić information content (AvgIpc) is 2.46. The molecule has 0 unspecified atom stereocenters. The Kier molecular flexibility index (Phi) is 6.68. The predicted molar refractivity (Wildman–Crippen MR) is 76.4 cm³/mol. The van der Waals surface area contributed by atoms with E-state index in [0.29, 0.717) is 37.9 Å². The van der Waals surface area contributed by atoms with Crippen LogP contribution in [0.15, 0.2) is 12.1 Å². The standard InChI is InChI=1S/C12H20N4O4/c1-13-11-8-10(16(17)18)9-12(14-11)15(4-6-19-2)5-7-20-3/h8-9H,4-7H2,1-3H3,(H,13,14). The molecule has 1 rings (SSSR count). The van der Waals surface area contributed by atoms with Gasteiger partial charge in [-0.1, -0.05) is 0 Å². The lowest BCUT2D eigenvalue weighted by Crippen LogP contribution is -2.31. The van der Waals surface area contributed by atoms with Crippen molar-refractivity contribution in [3.8, 4) is 0 Å². The zero-order valence-corrected chi connectivity index (χ0v) is 12.0. The number of hydrogen-bond donors (Lipinski definition) is 1. The van der Waals surface area contributed by atoms with E-state index in [1.54, 1.807) is 21.3 Å². The van der Waals surface area contributed by atoms with E-state index in [1.165, 1.54) is 12.1 Å². The van der Waals surface area contributed by atoms with Gasteiger partial charge in [0.25, 0.3) is 5.69 Å². The first-order valence-electron chi connectivity index (χ1n) is 6.19. The molecule has 0 radical (unpaired) electrons. The highest BCUT2D eigenvalue weighted by atomic mass is 16.6. The van der Waals surface area contributed by atoms with Gasteiger partial charge in [-0.2, -0.15) is 0 Å². The first-order chi connectivity index (χ1) is 9.62. The summed E-state index contributed by atoms with van der Waals surface area (Å²) in [6.07, 6.45) is 0. The lowest BCUT2D eigenvalue weighted by atomic mass is 10.3. The van der Waals surface area contributed by atoms with Gasteiger partial charge in [0.15, 0.2) is 0 Å². The van der Waals surface area contributed by atoms with E-state index in [1.807, 2.05) is 4.90 Å². The minimum Gasteiger partial charge on any atom is -0.383 e. The molecule has 1 heterocycles. The number of anilines is 2. The van der Waals surface area contributed by atoms with E-state index in [9.17, 15) is 10.1 Å². The summed E-state index contributed by atoms with van der Waals surface area (Å²) >= 11 is 0. The molecular weight excluding hydrogens is 264 g/mol. The maximum absolute atomic E-state index is 11.0. The Bertz CT molecular complexity index is 433. The van der Waals surface area contributed by atoms with E-state index in [0.717, 1.165) is 0 Å². The summed E-state index contributed by atoms with van der Waals surface area (Å²) in [5, 5.41) is 13.8. The first-order valence-corrected chi connectivity index (χ1v) is 6.19. The van der Waals surface area contributed by atoms with E-state index >= 15 is 0 Å². The molecule has 0 atom stereocenters. The second-order valence-corrected chi connectivity index (χ2v) is 4.05. The third-order valence-electron chi connectivity index (χ3n) is 2.72. The fourth-order valence-corrected chi connectivity index (χ4v) is 1.64. The predicted octanol–water partition coefficient (Wildman–Crippen LogP) is 1.13. The molecule has 20 heavy (non-hydrogen) atoms. The van der Waals surface area contributed by atoms with Crippen molar-refractivity contribution in [3.63, 3.8) is 0 Å². The van der Waals surface area contributed by atoms with Gasteiger partial charge in [-0.25, -0.2) is 4.98 Å². The summed E-state index contributed by atoms with van der Waals surface area (Å²) in [6.45, 7) is 2.17. The molecule has 8 heteroatoms. The minimum atomic E-state index is -0.434. The number of rotatable bonds is 9. The molecule has 0 aliphatic heterocycles. The van der Waals surface area contributed by atoms with Gasteiger partial charge in [-0.15, -0.1) is 0 Å². The van der Waals surface area contributed by atoms with Crippen molar-refractivity contribution in [2.75, 3.05) is 57.8 Å². The highest BCUT2D eigenvalue weighted by molar-refractivity contribution is 5.55. The van der Waals surface area contributed by atoms with E-state index in [2.05, 4.69) is 10.3 Å². The van der Waals surface area contributed by atoms with Crippen molar-refractivity contribution in [1.82, 2.24) is 4.98 Å². The summed E-state index contributed by atoms with van der Waals surface area (Å²) in [7, 11) is 4.88. The molecule has 0 aliphatic rings. The summed E-state index contributed by atoms with van der Waals surface area (Å²) in [4.78, 5) is 16.7. The number of methoxy groups -OCH3 is 2. The third-order valence-corrected chi connectivity index (χ3v) is 2.72. The number of hydrogen-bond acceptors (Lipinski definition) is 7. The van der Waals surface area contributed by atoms with Gasteiger partial charge in [-0.3, -0.25) is 10.1 Å². The van der Waals surface area contributed by atoms with Gasteiger partial charge in [0.05, 0.1) is 30.3 Å². The summed E-state index contributed by atoms with van der Waals surface area (Å²) in [5.41, 5.74) is -0.000756. The number of pyridine rings is 1. The molecule has 1 aromatic heterocycles. The van der Waals surface area contributed by atoms with Gasteiger partial charge in [0, 0.05) is 34.4 Å². The van der Waals surface area contributed by atoms with Crippen molar-refractivity contribution >= 4 is 17.3 Å². The van der Waals surface area contributed by atoms with Crippen LogP contribution in [0.25, 0.3) is 0 Å². The summed E-state index contributed by atoms with van der Waals surface area (Å²) in [5.74, 6) is 0.978. The Morgan fingerprint density at radius 2 is 1.90 bits per heavy atom. The van der Waals surface area contributed by atoms with Crippen LogP contribution in [0.5, 0.6) is 0 Å². The topological polar surface area (TPSA) is 89.8 Å². The highest BCUT2D eigenvalue weighted by Gasteiger charge is 2.15.